The van der Waals surface area contributed by atoms with Crippen molar-refractivity contribution in [2.75, 3.05) is 7.11 Å². The van der Waals surface area contributed by atoms with Gasteiger partial charge in [-0.25, -0.2) is 0 Å². The molecule has 1 aromatic rings. The summed E-state index contributed by atoms with van der Waals surface area (Å²) in [5.74, 6) is 1.51. The molecule has 0 bridgehead atoms. The van der Waals surface area contributed by atoms with Crippen LogP contribution in [0.5, 0.6) is 11.5 Å². The monoisotopic (exact) mass is 266 g/mol. The molecule has 0 aromatic heterocycles. The lowest BCUT2D eigenvalue weighted by Crippen LogP contribution is -2.17. The molecular weight excluding hydrogens is 244 g/mol. The standard InChI is InChI=1S/C14H22O3Si/c1-8-9(2)12(16-6)11(14(3,4)5)13(17-18)10(8)7-15/h7H,1-6,18H3. The van der Waals surface area contributed by atoms with Gasteiger partial charge in [0.05, 0.1) is 12.7 Å². The van der Waals surface area contributed by atoms with Crippen molar-refractivity contribution in [1.82, 2.24) is 0 Å². The van der Waals surface area contributed by atoms with Crippen molar-refractivity contribution in [1.29, 1.82) is 0 Å². The Labute approximate surface area is 112 Å². The summed E-state index contributed by atoms with van der Waals surface area (Å²) in [5, 5.41) is 0. The molecule has 0 spiro atoms. The second kappa shape index (κ2) is 5.14. The molecule has 4 heteroatoms. The van der Waals surface area contributed by atoms with Gasteiger partial charge in [-0.3, -0.25) is 4.79 Å². The van der Waals surface area contributed by atoms with Gasteiger partial charge in [-0.05, 0) is 30.4 Å². The van der Waals surface area contributed by atoms with Crippen molar-refractivity contribution in [2.24, 2.45) is 0 Å². The molecule has 100 valence electrons. The van der Waals surface area contributed by atoms with Crippen LogP contribution in [-0.2, 0) is 5.41 Å². The molecule has 1 aromatic carbocycles. The van der Waals surface area contributed by atoms with E-state index in [1.807, 2.05) is 13.8 Å². The summed E-state index contributed by atoms with van der Waals surface area (Å²) in [6, 6.07) is 0. The minimum absolute atomic E-state index is 0.138. The summed E-state index contributed by atoms with van der Waals surface area (Å²) in [6.45, 7) is 10.2. The van der Waals surface area contributed by atoms with Gasteiger partial charge in [0.15, 0.2) is 6.29 Å². The van der Waals surface area contributed by atoms with Crippen molar-refractivity contribution in [2.45, 2.75) is 40.0 Å². The SMILES string of the molecule is COc1c(C)c(C)c(C=O)c(O[SiH3])c1C(C)(C)C. The smallest absolute Gasteiger partial charge is 0.204 e. The van der Waals surface area contributed by atoms with Crippen molar-refractivity contribution in [3.8, 4) is 11.5 Å². The predicted molar refractivity (Wildman–Crippen MR) is 77.1 cm³/mol. The highest BCUT2D eigenvalue weighted by Crippen LogP contribution is 2.44. The van der Waals surface area contributed by atoms with Gasteiger partial charge in [0.2, 0.25) is 10.5 Å². The molecule has 0 fully saturated rings. The first-order chi connectivity index (χ1) is 8.29. The van der Waals surface area contributed by atoms with Gasteiger partial charge < -0.3 is 9.16 Å². The van der Waals surface area contributed by atoms with E-state index in [1.54, 1.807) is 7.11 Å². The van der Waals surface area contributed by atoms with Crippen LogP contribution in [0.25, 0.3) is 0 Å². The second-order valence-electron chi connectivity index (χ2n) is 5.47. The lowest BCUT2D eigenvalue weighted by atomic mass is 9.82. The summed E-state index contributed by atoms with van der Waals surface area (Å²) in [6.07, 6.45) is 0.879. The number of hydrogen-bond donors (Lipinski definition) is 0. The zero-order valence-electron chi connectivity index (χ0n) is 12.3. The molecule has 0 aliphatic carbocycles. The molecular formula is C14H22O3Si. The van der Waals surface area contributed by atoms with Gasteiger partial charge >= 0.3 is 0 Å². The number of aldehydes is 1. The van der Waals surface area contributed by atoms with E-state index in [0.29, 0.717) is 21.8 Å². The van der Waals surface area contributed by atoms with Crippen molar-refractivity contribution >= 4 is 16.8 Å². The molecule has 0 unspecified atom stereocenters. The van der Waals surface area contributed by atoms with Gasteiger partial charge in [0, 0.05) is 5.56 Å². The third kappa shape index (κ3) is 2.29. The van der Waals surface area contributed by atoms with E-state index in [4.69, 9.17) is 9.16 Å². The highest BCUT2D eigenvalue weighted by Gasteiger charge is 2.28. The minimum atomic E-state index is -0.138. The molecule has 1 rings (SSSR count). The predicted octanol–water partition coefficient (Wildman–Crippen LogP) is 2.08. The molecule has 0 heterocycles. The average molecular weight is 266 g/mol. The third-order valence-corrected chi connectivity index (χ3v) is 3.69. The Bertz CT molecular complexity index is 473. The van der Waals surface area contributed by atoms with Gasteiger partial charge in [-0.1, -0.05) is 20.8 Å². The number of carbonyl (C=O) groups is 1. The Morgan fingerprint density at radius 2 is 1.67 bits per heavy atom. The third-order valence-electron chi connectivity index (χ3n) is 3.28. The Hall–Kier alpha value is -1.29. The highest BCUT2D eigenvalue weighted by atomic mass is 28.2. The van der Waals surface area contributed by atoms with Crippen LogP contribution in [0.3, 0.4) is 0 Å². The molecule has 0 saturated heterocycles. The molecule has 0 amide bonds. The Kier molecular flexibility index (Phi) is 4.22. The molecule has 3 nitrogen and oxygen atoms in total. The van der Waals surface area contributed by atoms with Crippen LogP contribution in [0.4, 0.5) is 0 Å². The van der Waals surface area contributed by atoms with Gasteiger partial charge in [0.1, 0.15) is 11.5 Å². The van der Waals surface area contributed by atoms with E-state index in [-0.39, 0.29) is 5.41 Å². The summed E-state index contributed by atoms with van der Waals surface area (Å²) in [7, 11) is 2.21. The Morgan fingerprint density at radius 3 is 2.00 bits per heavy atom. The van der Waals surface area contributed by atoms with E-state index < -0.39 is 0 Å². The van der Waals surface area contributed by atoms with Crippen molar-refractivity contribution in [3.63, 3.8) is 0 Å². The lowest BCUT2D eigenvalue weighted by Gasteiger charge is -2.28. The number of benzene rings is 1. The zero-order valence-corrected chi connectivity index (χ0v) is 14.3. The van der Waals surface area contributed by atoms with Crippen LogP contribution in [0.15, 0.2) is 0 Å². The molecule has 0 atom stereocenters. The fourth-order valence-corrected chi connectivity index (χ4v) is 2.68. The Balaban J connectivity index is 3.86. The maximum atomic E-state index is 11.3. The van der Waals surface area contributed by atoms with Gasteiger partial charge in [0.25, 0.3) is 0 Å². The number of ether oxygens (including phenoxy) is 1. The minimum Gasteiger partial charge on any atom is -0.552 e. The normalized spacial score (nSPS) is 11.4. The lowest BCUT2D eigenvalue weighted by molar-refractivity contribution is 0.112. The van der Waals surface area contributed by atoms with E-state index in [2.05, 4.69) is 20.8 Å². The Morgan fingerprint density at radius 1 is 1.11 bits per heavy atom. The number of carbonyl (C=O) groups excluding carboxylic acids is 1. The molecule has 0 N–H and O–H groups in total. The first-order valence-electron chi connectivity index (χ1n) is 6.00. The fourth-order valence-electron chi connectivity index (χ4n) is 2.26. The maximum absolute atomic E-state index is 11.3. The average Bonchev–Trinajstić information content (AvgIpc) is 2.30. The first-order valence-corrected chi connectivity index (χ1v) is 6.82. The quantitative estimate of drug-likeness (QED) is 0.621. The maximum Gasteiger partial charge on any atom is 0.204 e. The second-order valence-corrected chi connectivity index (χ2v) is 5.88. The van der Waals surface area contributed by atoms with Crippen molar-refractivity contribution < 1.29 is 14.0 Å². The number of rotatable bonds is 3. The van der Waals surface area contributed by atoms with Crippen LogP contribution in [0, 0.1) is 13.8 Å². The summed E-state index contributed by atoms with van der Waals surface area (Å²) >= 11 is 0. The van der Waals surface area contributed by atoms with E-state index in [9.17, 15) is 4.79 Å². The fraction of sp³-hybridized carbons (Fsp3) is 0.500. The van der Waals surface area contributed by atoms with Crippen LogP contribution in [0.1, 0.15) is 47.8 Å². The zero-order chi connectivity index (χ0) is 14.1. The van der Waals surface area contributed by atoms with Crippen molar-refractivity contribution in [3.05, 3.63) is 22.3 Å². The summed E-state index contributed by atoms with van der Waals surface area (Å²) in [4.78, 5) is 11.3. The van der Waals surface area contributed by atoms with Crippen LogP contribution >= 0.6 is 0 Å². The first kappa shape index (κ1) is 14.8. The topological polar surface area (TPSA) is 35.5 Å². The summed E-state index contributed by atoms with van der Waals surface area (Å²) in [5.41, 5.74) is 3.42. The van der Waals surface area contributed by atoms with Crippen LogP contribution in [-0.4, -0.2) is 23.9 Å². The summed E-state index contributed by atoms with van der Waals surface area (Å²) < 4.78 is 11.1. The van der Waals surface area contributed by atoms with E-state index in [0.717, 1.165) is 28.7 Å². The van der Waals surface area contributed by atoms with Crippen LogP contribution < -0.4 is 9.16 Å². The molecule has 18 heavy (non-hydrogen) atoms. The van der Waals surface area contributed by atoms with Gasteiger partial charge in [-0.15, -0.1) is 0 Å². The van der Waals surface area contributed by atoms with E-state index in [1.165, 1.54) is 0 Å². The largest absolute Gasteiger partial charge is 0.552 e. The van der Waals surface area contributed by atoms with Crippen LogP contribution in [0.2, 0.25) is 0 Å². The number of hydrogen-bond acceptors (Lipinski definition) is 3. The molecule has 0 aliphatic rings. The highest BCUT2D eigenvalue weighted by molar-refractivity contribution is 6.01. The molecule has 0 saturated carbocycles. The molecule has 0 aliphatic heterocycles. The van der Waals surface area contributed by atoms with Gasteiger partial charge in [-0.2, -0.15) is 0 Å². The number of methoxy groups -OCH3 is 1. The molecule has 0 radical (unpaired) electrons. The van der Waals surface area contributed by atoms with E-state index >= 15 is 0 Å².